The van der Waals surface area contributed by atoms with Crippen LogP contribution in [-0.2, 0) is 21.3 Å². The fourth-order valence-corrected chi connectivity index (χ4v) is 4.12. The molecule has 1 aliphatic heterocycles. The highest BCUT2D eigenvalue weighted by Crippen LogP contribution is 2.44. The number of benzene rings is 1. The first-order valence-electron chi connectivity index (χ1n) is 7.86. The van der Waals surface area contributed by atoms with E-state index >= 15 is 0 Å². The predicted molar refractivity (Wildman–Crippen MR) is 87.5 cm³/mol. The van der Waals surface area contributed by atoms with Crippen LogP contribution < -0.4 is 0 Å². The van der Waals surface area contributed by atoms with Gasteiger partial charge in [-0.05, 0) is 42.4 Å². The quantitative estimate of drug-likeness (QED) is 0.889. The van der Waals surface area contributed by atoms with E-state index in [0.29, 0.717) is 30.3 Å². The second kappa shape index (κ2) is 6.43. The molecule has 5 nitrogen and oxygen atoms in total. The molecule has 2 fully saturated rings. The highest BCUT2D eigenvalue weighted by molar-refractivity contribution is 7.83. The Balaban J connectivity index is 1.75. The summed E-state index contributed by atoms with van der Waals surface area (Å²) in [6.07, 6.45) is 3.79. The lowest BCUT2D eigenvalue weighted by Gasteiger charge is -2.16. The summed E-state index contributed by atoms with van der Waals surface area (Å²) in [6.45, 7) is 0.823. The number of carbonyl (C=O) groups excluding carboxylic acids is 1. The van der Waals surface area contributed by atoms with Gasteiger partial charge >= 0.3 is 5.97 Å². The van der Waals surface area contributed by atoms with Gasteiger partial charge < -0.3 is 10.0 Å². The first kappa shape index (κ1) is 16.2. The summed E-state index contributed by atoms with van der Waals surface area (Å²) in [5.74, 6) is -0.400. The lowest BCUT2D eigenvalue weighted by atomic mass is 9.92. The number of amides is 1. The smallest absolute Gasteiger partial charge is 0.308 e. The Bertz CT molecular complexity index is 656. The van der Waals surface area contributed by atoms with Crippen LogP contribution in [0.4, 0.5) is 0 Å². The van der Waals surface area contributed by atoms with Gasteiger partial charge in [0.05, 0.1) is 5.92 Å². The molecule has 0 aromatic heterocycles. The molecule has 0 spiro atoms. The molecule has 1 heterocycles. The highest BCUT2D eigenvalue weighted by atomic mass is 32.2. The van der Waals surface area contributed by atoms with Crippen LogP contribution in [0, 0.1) is 17.8 Å². The minimum absolute atomic E-state index is 0.0859. The van der Waals surface area contributed by atoms with E-state index in [0.717, 1.165) is 18.4 Å². The van der Waals surface area contributed by atoms with Crippen LogP contribution in [0.5, 0.6) is 0 Å². The minimum atomic E-state index is -0.958. The Kier molecular flexibility index (Phi) is 4.53. The van der Waals surface area contributed by atoms with Gasteiger partial charge in [-0.2, -0.15) is 0 Å². The molecule has 1 aromatic rings. The molecule has 3 rings (SSSR count). The maximum absolute atomic E-state index is 12.7. The summed E-state index contributed by atoms with van der Waals surface area (Å²) in [4.78, 5) is 25.8. The molecular weight excluding hydrogens is 314 g/mol. The molecule has 1 amide bonds. The number of hydrogen-bond donors (Lipinski definition) is 1. The molecule has 0 bridgehead atoms. The van der Waals surface area contributed by atoms with Crippen LogP contribution >= 0.6 is 0 Å². The molecule has 1 N–H and O–H groups in total. The summed E-state index contributed by atoms with van der Waals surface area (Å²) in [5.41, 5.74) is 1.41. The van der Waals surface area contributed by atoms with E-state index in [2.05, 4.69) is 0 Å². The molecule has 124 valence electrons. The predicted octanol–water partition coefficient (Wildman–Crippen LogP) is 1.75. The SMILES string of the molecule is CS(=O)Cc1cccc(C(=O)N2C[C@H](C(=O)O)[C@@H](C3CC3)C2)c1. The van der Waals surface area contributed by atoms with Crippen molar-refractivity contribution < 1.29 is 18.9 Å². The van der Waals surface area contributed by atoms with Crippen LogP contribution in [0.1, 0.15) is 28.8 Å². The number of nitrogens with zero attached hydrogens (tertiary/aromatic N) is 1. The first-order valence-corrected chi connectivity index (χ1v) is 9.59. The van der Waals surface area contributed by atoms with Crippen LogP contribution in [-0.4, -0.2) is 45.4 Å². The zero-order chi connectivity index (χ0) is 16.6. The summed E-state index contributed by atoms with van der Waals surface area (Å²) in [5, 5.41) is 9.40. The number of rotatable bonds is 5. The molecule has 1 saturated carbocycles. The highest BCUT2D eigenvalue weighted by Gasteiger charge is 2.46. The topological polar surface area (TPSA) is 74.7 Å². The van der Waals surface area contributed by atoms with Crippen molar-refractivity contribution in [2.24, 2.45) is 17.8 Å². The number of carboxylic acids is 1. The van der Waals surface area contributed by atoms with Crippen LogP contribution in [0.15, 0.2) is 24.3 Å². The fourth-order valence-electron chi connectivity index (χ4n) is 3.47. The van der Waals surface area contributed by atoms with E-state index in [1.165, 1.54) is 0 Å². The van der Waals surface area contributed by atoms with Crippen LogP contribution in [0.2, 0.25) is 0 Å². The Labute approximate surface area is 138 Å². The van der Waals surface area contributed by atoms with Crippen molar-refractivity contribution in [3.05, 3.63) is 35.4 Å². The zero-order valence-corrected chi connectivity index (χ0v) is 13.9. The second-order valence-corrected chi connectivity index (χ2v) is 8.01. The third-order valence-corrected chi connectivity index (χ3v) is 5.48. The van der Waals surface area contributed by atoms with Gasteiger partial charge in [0, 0.05) is 41.5 Å². The average Bonchev–Trinajstić information content (AvgIpc) is 3.24. The normalized spacial score (nSPS) is 25.3. The first-order chi connectivity index (χ1) is 11.0. The van der Waals surface area contributed by atoms with Crippen molar-refractivity contribution in [2.75, 3.05) is 19.3 Å². The van der Waals surface area contributed by atoms with Gasteiger partial charge in [0.15, 0.2) is 0 Å². The fraction of sp³-hybridized carbons (Fsp3) is 0.529. The van der Waals surface area contributed by atoms with Gasteiger partial charge in [0.25, 0.3) is 5.91 Å². The number of aliphatic carboxylic acids is 1. The second-order valence-electron chi connectivity index (χ2n) is 6.57. The van der Waals surface area contributed by atoms with Gasteiger partial charge in [-0.25, -0.2) is 0 Å². The Morgan fingerprint density at radius 1 is 1.30 bits per heavy atom. The number of hydrogen-bond acceptors (Lipinski definition) is 3. The number of carboxylic acid groups (broad SMARTS) is 1. The van der Waals surface area contributed by atoms with Crippen molar-refractivity contribution in [3.8, 4) is 0 Å². The number of likely N-dealkylation sites (tertiary alicyclic amines) is 1. The molecule has 1 aromatic carbocycles. The standard InChI is InChI=1S/C17H21NO4S/c1-23(22)10-11-3-2-4-13(7-11)16(19)18-8-14(12-5-6-12)15(9-18)17(20)21/h2-4,7,12,14-15H,5-6,8-10H2,1H3,(H,20,21)/t14-,15+,23?/m1/s1. The van der Waals surface area contributed by atoms with Crippen molar-refractivity contribution >= 4 is 22.7 Å². The lowest BCUT2D eigenvalue weighted by molar-refractivity contribution is -0.142. The maximum atomic E-state index is 12.7. The van der Waals surface area contributed by atoms with Gasteiger partial charge in [-0.3, -0.25) is 13.8 Å². The summed E-state index contributed by atoms with van der Waals surface area (Å²) >= 11 is 0. The molecule has 1 saturated heterocycles. The van der Waals surface area contributed by atoms with E-state index in [1.807, 2.05) is 6.07 Å². The van der Waals surface area contributed by atoms with E-state index in [4.69, 9.17) is 0 Å². The monoisotopic (exact) mass is 335 g/mol. The van der Waals surface area contributed by atoms with Crippen molar-refractivity contribution in [3.63, 3.8) is 0 Å². The Hall–Kier alpha value is -1.69. The zero-order valence-electron chi connectivity index (χ0n) is 13.1. The van der Waals surface area contributed by atoms with Crippen molar-refractivity contribution in [1.29, 1.82) is 0 Å². The lowest BCUT2D eigenvalue weighted by Crippen LogP contribution is -2.30. The summed E-state index contributed by atoms with van der Waals surface area (Å²) < 4.78 is 11.3. The molecule has 1 unspecified atom stereocenters. The van der Waals surface area contributed by atoms with E-state index in [-0.39, 0.29) is 11.8 Å². The molecule has 2 aliphatic rings. The molecule has 6 heteroatoms. The maximum Gasteiger partial charge on any atom is 0.308 e. The average molecular weight is 335 g/mol. The van der Waals surface area contributed by atoms with E-state index < -0.39 is 22.7 Å². The third kappa shape index (κ3) is 3.63. The molecule has 3 atom stereocenters. The molecule has 23 heavy (non-hydrogen) atoms. The Morgan fingerprint density at radius 2 is 2.04 bits per heavy atom. The van der Waals surface area contributed by atoms with E-state index in [9.17, 15) is 18.9 Å². The van der Waals surface area contributed by atoms with Gasteiger partial charge in [-0.1, -0.05) is 12.1 Å². The molecular formula is C17H21NO4S. The van der Waals surface area contributed by atoms with Gasteiger partial charge in [0.1, 0.15) is 0 Å². The third-order valence-electron chi connectivity index (χ3n) is 4.74. The van der Waals surface area contributed by atoms with Crippen LogP contribution in [0.25, 0.3) is 0 Å². The minimum Gasteiger partial charge on any atom is -0.481 e. The molecule has 1 aliphatic carbocycles. The van der Waals surface area contributed by atoms with Crippen molar-refractivity contribution in [2.45, 2.75) is 18.6 Å². The van der Waals surface area contributed by atoms with Crippen LogP contribution in [0.3, 0.4) is 0 Å². The Morgan fingerprint density at radius 3 is 2.65 bits per heavy atom. The largest absolute Gasteiger partial charge is 0.481 e. The summed E-state index contributed by atoms with van der Waals surface area (Å²) in [7, 11) is -0.958. The van der Waals surface area contributed by atoms with E-state index in [1.54, 1.807) is 29.4 Å². The summed E-state index contributed by atoms with van der Waals surface area (Å²) in [6, 6.07) is 7.16. The van der Waals surface area contributed by atoms with Gasteiger partial charge in [-0.15, -0.1) is 0 Å². The number of carbonyl (C=O) groups is 2. The van der Waals surface area contributed by atoms with Crippen molar-refractivity contribution in [1.82, 2.24) is 4.90 Å². The van der Waals surface area contributed by atoms with Gasteiger partial charge in [0.2, 0.25) is 0 Å². The molecule has 0 radical (unpaired) electrons.